The predicted molar refractivity (Wildman–Crippen MR) is 131 cm³/mol. The van der Waals surface area contributed by atoms with E-state index in [0.29, 0.717) is 0 Å². The third-order valence-corrected chi connectivity index (χ3v) is 4.90. The summed E-state index contributed by atoms with van der Waals surface area (Å²) in [5.74, 6) is 0. The van der Waals surface area contributed by atoms with Crippen molar-refractivity contribution in [1.29, 1.82) is 0 Å². The molecule has 0 bridgehead atoms. The van der Waals surface area contributed by atoms with E-state index in [2.05, 4.69) is 133 Å². The van der Waals surface area contributed by atoms with Gasteiger partial charge in [-0.05, 0) is 45.6 Å². The van der Waals surface area contributed by atoms with Crippen molar-refractivity contribution in [3.63, 3.8) is 0 Å². The summed E-state index contributed by atoms with van der Waals surface area (Å²) in [6.07, 6.45) is 8.89. The Kier molecular flexibility index (Phi) is 6.50. The largest absolute Gasteiger partial charge is 0.0622 e. The molecule has 0 aliphatic rings. The zero-order valence-electron chi connectivity index (χ0n) is 16.9. The van der Waals surface area contributed by atoms with Gasteiger partial charge in [0.15, 0.2) is 0 Å². The van der Waals surface area contributed by atoms with Crippen LogP contribution in [0.1, 0.15) is 22.3 Å². The zero-order valence-corrected chi connectivity index (χ0v) is 16.9. The summed E-state index contributed by atoms with van der Waals surface area (Å²) >= 11 is 0. The van der Waals surface area contributed by atoms with Crippen LogP contribution in [0.15, 0.2) is 133 Å². The van der Waals surface area contributed by atoms with E-state index < -0.39 is 0 Å². The highest BCUT2D eigenvalue weighted by atomic mass is 14.1. The topological polar surface area (TPSA) is 0 Å². The van der Waals surface area contributed by atoms with Crippen molar-refractivity contribution in [3.05, 3.63) is 156 Å². The van der Waals surface area contributed by atoms with Crippen LogP contribution in [-0.2, 0) is 0 Å². The van der Waals surface area contributed by atoms with E-state index in [1.807, 2.05) is 12.1 Å². The Labute approximate surface area is 179 Å². The van der Waals surface area contributed by atoms with E-state index in [1.165, 1.54) is 33.4 Å². The predicted octanol–water partition coefficient (Wildman–Crippen LogP) is 8.02. The molecule has 4 aromatic carbocycles. The van der Waals surface area contributed by atoms with E-state index in [1.54, 1.807) is 0 Å². The van der Waals surface area contributed by atoms with Gasteiger partial charge in [0.2, 0.25) is 0 Å². The lowest BCUT2D eigenvalue weighted by molar-refractivity contribution is 1.60. The summed E-state index contributed by atoms with van der Waals surface area (Å²) < 4.78 is 0. The van der Waals surface area contributed by atoms with Crippen LogP contribution in [0.3, 0.4) is 0 Å². The summed E-state index contributed by atoms with van der Waals surface area (Å²) in [4.78, 5) is 0. The molecule has 0 atom stereocenters. The molecule has 4 rings (SSSR count). The Morgan fingerprint density at radius 3 is 1.00 bits per heavy atom. The molecule has 0 spiro atoms. The van der Waals surface area contributed by atoms with Gasteiger partial charge >= 0.3 is 0 Å². The molecular formula is C30H24. The second-order valence-corrected chi connectivity index (χ2v) is 7.09. The van der Waals surface area contributed by atoms with Crippen molar-refractivity contribution in [2.24, 2.45) is 0 Å². The number of allylic oxidation sites excluding steroid dienone is 4. The SMILES string of the molecule is C(=C/C(=C\c1ccccc1)c1ccccc1)/C(=C\c1ccccc1)c1ccccc1. The summed E-state index contributed by atoms with van der Waals surface area (Å²) in [6, 6.07) is 42.0. The number of benzene rings is 4. The third kappa shape index (κ3) is 5.33. The highest BCUT2D eigenvalue weighted by Crippen LogP contribution is 2.24. The fraction of sp³-hybridized carbons (Fsp3) is 0. The van der Waals surface area contributed by atoms with Crippen LogP contribution in [0, 0.1) is 0 Å². The van der Waals surface area contributed by atoms with E-state index >= 15 is 0 Å². The molecule has 30 heavy (non-hydrogen) atoms. The summed E-state index contributed by atoms with van der Waals surface area (Å²) in [5.41, 5.74) is 7.13. The maximum atomic E-state index is 2.23. The lowest BCUT2D eigenvalue weighted by Gasteiger charge is -2.07. The van der Waals surface area contributed by atoms with Gasteiger partial charge in [0, 0.05) is 0 Å². The molecule has 0 heteroatoms. The first-order valence-corrected chi connectivity index (χ1v) is 10.2. The van der Waals surface area contributed by atoms with E-state index in [9.17, 15) is 0 Å². The normalized spacial score (nSPS) is 12.3. The van der Waals surface area contributed by atoms with Gasteiger partial charge in [0.25, 0.3) is 0 Å². The lowest BCUT2D eigenvalue weighted by atomic mass is 9.98. The zero-order chi connectivity index (χ0) is 20.4. The van der Waals surface area contributed by atoms with Gasteiger partial charge in [-0.2, -0.15) is 0 Å². The molecule has 0 nitrogen and oxygen atoms in total. The lowest BCUT2D eigenvalue weighted by Crippen LogP contribution is -1.84. The van der Waals surface area contributed by atoms with Crippen molar-refractivity contribution in [2.45, 2.75) is 0 Å². The van der Waals surface area contributed by atoms with Crippen LogP contribution >= 0.6 is 0 Å². The minimum Gasteiger partial charge on any atom is -0.0622 e. The highest BCUT2D eigenvalue weighted by Gasteiger charge is 2.02. The Balaban J connectivity index is 1.76. The van der Waals surface area contributed by atoms with E-state index in [4.69, 9.17) is 0 Å². The van der Waals surface area contributed by atoms with E-state index in [-0.39, 0.29) is 0 Å². The molecule has 0 fully saturated rings. The molecule has 4 aromatic rings. The second-order valence-electron chi connectivity index (χ2n) is 7.09. The van der Waals surface area contributed by atoms with Gasteiger partial charge in [0.1, 0.15) is 0 Å². The van der Waals surface area contributed by atoms with Crippen molar-refractivity contribution < 1.29 is 0 Å². The second kappa shape index (κ2) is 10.0. The molecular weight excluding hydrogens is 360 g/mol. The standard InChI is InChI=1S/C30H24/c1-5-13-25(14-6-1)23-29(27-17-9-3-10-18-27)21-22-30(28-19-11-4-12-20-28)24-26-15-7-2-8-16-26/h1-24H/b22-21-,29-23+,30-24+. The van der Waals surface area contributed by atoms with Crippen LogP contribution < -0.4 is 0 Å². The van der Waals surface area contributed by atoms with Gasteiger partial charge in [-0.15, -0.1) is 0 Å². The van der Waals surface area contributed by atoms with Crippen molar-refractivity contribution in [2.75, 3.05) is 0 Å². The summed E-state index contributed by atoms with van der Waals surface area (Å²) in [5, 5.41) is 0. The molecule has 0 N–H and O–H groups in total. The Bertz CT molecular complexity index is 1040. The fourth-order valence-electron chi connectivity index (χ4n) is 3.35. The molecule has 0 unspecified atom stereocenters. The van der Waals surface area contributed by atoms with Crippen LogP contribution in [0.5, 0.6) is 0 Å². The first-order chi connectivity index (χ1) is 14.9. The average Bonchev–Trinajstić information content (AvgIpc) is 2.83. The molecule has 0 saturated heterocycles. The van der Waals surface area contributed by atoms with Gasteiger partial charge in [0.05, 0.1) is 0 Å². The first kappa shape index (κ1) is 19.4. The number of hydrogen-bond donors (Lipinski definition) is 0. The van der Waals surface area contributed by atoms with Crippen molar-refractivity contribution >= 4 is 23.3 Å². The fourth-order valence-corrected chi connectivity index (χ4v) is 3.35. The molecule has 0 heterocycles. The minimum absolute atomic E-state index is 1.18. The molecule has 0 amide bonds. The third-order valence-electron chi connectivity index (χ3n) is 4.90. The maximum absolute atomic E-state index is 2.23. The maximum Gasteiger partial charge on any atom is -0.0178 e. The molecule has 0 aromatic heterocycles. The van der Waals surface area contributed by atoms with Gasteiger partial charge in [-0.3, -0.25) is 0 Å². The van der Waals surface area contributed by atoms with Gasteiger partial charge in [-0.25, -0.2) is 0 Å². The van der Waals surface area contributed by atoms with Crippen LogP contribution in [0.2, 0.25) is 0 Å². The molecule has 144 valence electrons. The van der Waals surface area contributed by atoms with Crippen molar-refractivity contribution in [3.8, 4) is 0 Å². The molecule has 0 radical (unpaired) electrons. The monoisotopic (exact) mass is 384 g/mol. The molecule has 0 aliphatic heterocycles. The summed E-state index contributed by atoms with van der Waals surface area (Å²) in [7, 11) is 0. The highest BCUT2D eigenvalue weighted by molar-refractivity contribution is 5.93. The Morgan fingerprint density at radius 1 is 0.367 bits per heavy atom. The Hall–Kier alpha value is -3.90. The quantitative estimate of drug-likeness (QED) is 0.233. The average molecular weight is 385 g/mol. The van der Waals surface area contributed by atoms with Gasteiger partial charge < -0.3 is 0 Å². The first-order valence-electron chi connectivity index (χ1n) is 10.2. The van der Waals surface area contributed by atoms with Crippen LogP contribution in [-0.4, -0.2) is 0 Å². The number of rotatable bonds is 6. The number of hydrogen-bond acceptors (Lipinski definition) is 0. The van der Waals surface area contributed by atoms with E-state index in [0.717, 1.165) is 0 Å². The van der Waals surface area contributed by atoms with Crippen LogP contribution in [0.25, 0.3) is 23.3 Å². The Morgan fingerprint density at radius 2 is 0.667 bits per heavy atom. The van der Waals surface area contributed by atoms with Crippen molar-refractivity contribution in [1.82, 2.24) is 0 Å². The molecule has 0 saturated carbocycles. The molecule has 0 aliphatic carbocycles. The summed E-state index contributed by atoms with van der Waals surface area (Å²) in [6.45, 7) is 0. The van der Waals surface area contributed by atoms with Crippen LogP contribution in [0.4, 0.5) is 0 Å². The minimum atomic E-state index is 1.18. The van der Waals surface area contributed by atoms with Gasteiger partial charge in [-0.1, -0.05) is 133 Å². The smallest absolute Gasteiger partial charge is 0.0178 e.